The topological polar surface area (TPSA) is 95.1 Å². The van der Waals surface area contributed by atoms with Gasteiger partial charge in [0.15, 0.2) is 0 Å². The van der Waals surface area contributed by atoms with Crippen LogP contribution in [-0.4, -0.2) is 70.9 Å². The summed E-state index contributed by atoms with van der Waals surface area (Å²) < 4.78 is 53.7. The van der Waals surface area contributed by atoms with Crippen molar-refractivity contribution in [2.24, 2.45) is 0 Å². The summed E-state index contributed by atoms with van der Waals surface area (Å²) >= 11 is 0. The van der Waals surface area contributed by atoms with Crippen molar-refractivity contribution in [1.29, 1.82) is 0 Å². The lowest BCUT2D eigenvalue weighted by Crippen LogP contribution is -2.48. The zero-order valence-corrected chi connectivity index (χ0v) is 17.2. The second-order valence-corrected chi connectivity index (χ2v) is 11.0. The van der Waals surface area contributed by atoms with E-state index in [-0.39, 0.29) is 23.7 Å². The lowest BCUT2D eigenvalue weighted by Gasteiger charge is -2.33. The Bertz CT molecular complexity index is 936. The van der Waals surface area contributed by atoms with E-state index in [1.165, 1.54) is 8.61 Å². The second-order valence-electron chi connectivity index (χ2n) is 7.04. The lowest BCUT2D eigenvalue weighted by atomic mass is 10.1. The summed E-state index contributed by atoms with van der Waals surface area (Å²) in [5.41, 5.74) is 1.70. The number of hydrogen-bond acceptors (Lipinski definition) is 5. The molecule has 0 atom stereocenters. The minimum Gasteiger partial charge on any atom is -0.343 e. The number of benzene rings is 1. The summed E-state index contributed by atoms with van der Waals surface area (Å²) in [5, 5.41) is 0. The zero-order chi connectivity index (χ0) is 19.8. The van der Waals surface area contributed by atoms with Gasteiger partial charge in [-0.05, 0) is 49.9 Å². The molecule has 0 N–H and O–H groups in total. The SMILES string of the molecule is Cc1cc(S(=O)(=O)N2CCN(C=O)CC2)c(C)cc1N1CCCCS1(=O)=O. The molecule has 2 aliphatic rings. The maximum atomic E-state index is 13.1. The Morgan fingerprint density at radius 2 is 1.63 bits per heavy atom. The van der Waals surface area contributed by atoms with Crippen LogP contribution in [0.25, 0.3) is 0 Å². The van der Waals surface area contributed by atoms with Gasteiger partial charge in [0.2, 0.25) is 26.5 Å². The van der Waals surface area contributed by atoms with Gasteiger partial charge in [0.05, 0.1) is 16.3 Å². The number of piperazine rings is 1. The van der Waals surface area contributed by atoms with E-state index in [2.05, 4.69) is 0 Å². The molecule has 0 spiro atoms. The Labute approximate surface area is 160 Å². The Hall–Kier alpha value is -1.65. The van der Waals surface area contributed by atoms with Crippen LogP contribution in [0.15, 0.2) is 17.0 Å². The molecule has 1 amide bonds. The number of amides is 1. The predicted molar refractivity (Wildman–Crippen MR) is 103 cm³/mol. The molecule has 8 nitrogen and oxygen atoms in total. The van der Waals surface area contributed by atoms with Gasteiger partial charge < -0.3 is 4.90 Å². The van der Waals surface area contributed by atoms with E-state index < -0.39 is 20.0 Å². The number of aryl methyl sites for hydroxylation is 2. The molecule has 0 aliphatic carbocycles. The molecule has 0 saturated carbocycles. The van der Waals surface area contributed by atoms with Crippen molar-refractivity contribution < 1.29 is 21.6 Å². The number of hydrogen-bond donors (Lipinski definition) is 0. The summed E-state index contributed by atoms with van der Waals surface area (Å²) in [6.07, 6.45) is 2.17. The molecule has 3 rings (SSSR count). The van der Waals surface area contributed by atoms with E-state index in [0.717, 1.165) is 12.8 Å². The second kappa shape index (κ2) is 7.40. The quantitative estimate of drug-likeness (QED) is 0.675. The third-order valence-electron chi connectivity index (χ3n) is 5.15. The van der Waals surface area contributed by atoms with Gasteiger partial charge in [-0.2, -0.15) is 4.31 Å². The van der Waals surface area contributed by atoms with E-state index in [9.17, 15) is 21.6 Å². The molecule has 10 heteroatoms. The molecule has 2 fully saturated rings. The average molecular weight is 416 g/mol. The van der Waals surface area contributed by atoms with Gasteiger partial charge >= 0.3 is 0 Å². The van der Waals surface area contributed by atoms with Crippen molar-refractivity contribution in [3.05, 3.63) is 23.3 Å². The molecule has 2 aliphatic heterocycles. The third kappa shape index (κ3) is 3.83. The smallest absolute Gasteiger partial charge is 0.243 e. The van der Waals surface area contributed by atoms with Crippen LogP contribution in [0.5, 0.6) is 0 Å². The number of rotatable bonds is 4. The normalized spacial score (nSPS) is 21.3. The molecule has 150 valence electrons. The Morgan fingerprint density at radius 3 is 2.22 bits per heavy atom. The van der Waals surface area contributed by atoms with Crippen LogP contribution in [0.1, 0.15) is 24.0 Å². The molecule has 0 radical (unpaired) electrons. The molecule has 2 saturated heterocycles. The molecule has 1 aromatic rings. The highest BCUT2D eigenvalue weighted by molar-refractivity contribution is 7.92. The maximum absolute atomic E-state index is 13.1. The van der Waals surface area contributed by atoms with Crippen LogP contribution in [0.3, 0.4) is 0 Å². The zero-order valence-electron chi connectivity index (χ0n) is 15.6. The summed E-state index contributed by atoms with van der Waals surface area (Å²) in [7, 11) is -7.06. The summed E-state index contributed by atoms with van der Waals surface area (Å²) in [5.74, 6) is 0.118. The van der Waals surface area contributed by atoms with Gasteiger partial charge in [-0.1, -0.05) is 0 Å². The first-order valence-electron chi connectivity index (χ1n) is 8.98. The summed E-state index contributed by atoms with van der Waals surface area (Å²) in [6.45, 7) is 5.08. The predicted octanol–water partition coefficient (Wildman–Crippen LogP) is 0.696. The van der Waals surface area contributed by atoms with E-state index in [1.807, 2.05) is 0 Å². The first-order chi connectivity index (χ1) is 12.7. The number of anilines is 1. The lowest BCUT2D eigenvalue weighted by molar-refractivity contribution is -0.119. The molecule has 2 heterocycles. The number of sulfonamides is 2. The van der Waals surface area contributed by atoms with Crippen LogP contribution >= 0.6 is 0 Å². The van der Waals surface area contributed by atoms with Crippen LogP contribution in [0.4, 0.5) is 5.69 Å². The fourth-order valence-electron chi connectivity index (χ4n) is 3.57. The van der Waals surface area contributed by atoms with Gasteiger partial charge in [0.1, 0.15) is 0 Å². The highest BCUT2D eigenvalue weighted by Gasteiger charge is 2.32. The monoisotopic (exact) mass is 415 g/mol. The van der Waals surface area contributed by atoms with E-state index in [1.54, 1.807) is 30.9 Å². The third-order valence-corrected chi connectivity index (χ3v) is 9.05. The van der Waals surface area contributed by atoms with Crippen molar-refractivity contribution in [1.82, 2.24) is 9.21 Å². The van der Waals surface area contributed by atoms with Gasteiger partial charge in [0, 0.05) is 32.7 Å². The fraction of sp³-hybridized carbons (Fsp3) is 0.588. The van der Waals surface area contributed by atoms with Crippen molar-refractivity contribution in [2.45, 2.75) is 31.6 Å². The minimum absolute atomic E-state index is 0.118. The highest BCUT2D eigenvalue weighted by Crippen LogP contribution is 2.32. The maximum Gasteiger partial charge on any atom is 0.243 e. The first-order valence-corrected chi connectivity index (χ1v) is 12.0. The largest absolute Gasteiger partial charge is 0.343 e. The average Bonchev–Trinajstić information content (AvgIpc) is 2.63. The van der Waals surface area contributed by atoms with Gasteiger partial charge in [0.25, 0.3) is 0 Å². The Balaban J connectivity index is 1.94. The molecule has 0 bridgehead atoms. The fourth-order valence-corrected chi connectivity index (χ4v) is 6.98. The molecule has 0 unspecified atom stereocenters. The molecular formula is C17H25N3O5S2. The van der Waals surface area contributed by atoms with Gasteiger partial charge in [-0.25, -0.2) is 16.8 Å². The molecule has 1 aromatic carbocycles. The Kier molecular flexibility index (Phi) is 5.51. The molecule has 0 aromatic heterocycles. The number of carbonyl (C=O) groups is 1. The van der Waals surface area contributed by atoms with Gasteiger partial charge in [-0.15, -0.1) is 0 Å². The van der Waals surface area contributed by atoms with Crippen molar-refractivity contribution in [3.63, 3.8) is 0 Å². The number of carbonyl (C=O) groups excluding carboxylic acids is 1. The van der Waals surface area contributed by atoms with Crippen LogP contribution in [-0.2, 0) is 24.8 Å². The van der Waals surface area contributed by atoms with Gasteiger partial charge in [-0.3, -0.25) is 9.10 Å². The molecular weight excluding hydrogens is 390 g/mol. The summed E-state index contributed by atoms with van der Waals surface area (Å²) in [4.78, 5) is 12.6. The van der Waals surface area contributed by atoms with Crippen molar-refractivity contribution in [3.8, 4) is 0 Å². The number of nitrogens with zero attached hydrogens (tertiary/aromatic N) is 3. The first kappa shape index (κ1) is 20.1. The van der Waals surface area contributed by atoms with Crippen molar-refractivity contribution in [2.75, 3.05) is 42.8 Å². The van der Waals surface area contributed by atoms with E-state index in [4.69, 9.17) is 0 Å². The minimum atomic E-state index is -3.70. The highest BCUT2D eigenvalue weighted by atomic mass is 32.2. The molecule has 27 heavy (non-hydrogen) atoms. The van der Waals surface area contributed by atoms with E-state index >= 15 is 0 Å². The Morgan fingerprint density at radius 1 is 0.963 bits per heavy atom. The van der Waals surface area contributed by atoms with Crippen LogP contribution < -0.4 is 4.31 Å². The van der Waals surface area contributed by atoms with E-state index in [0.29, 0.717) is 42.9 Å². The van der Waals surface area contributed by atoms with Crippen molar-refractivity contribution >= 4 is 32.1 Å². The summed E-state index contributed by atoms with van der Waals surface area (Å²) in [6, 6.07) is 3.23. The van der Waals surface area contributed by atoms with Crippen LogP contribution in [0.2, 0.25) is 0 Å². The van der Waals surface area contributed by atoms with Crippen LogP contribution in [0, 0.1) is 13.8 Å². The standard InChI is InChI=1S/C17H25N3O5S2/c1-14-12-17(27(24,25)19-8-6-18(13-21)7-9-19)15(2)11-16(14)20-5-3-4-10-26(20,22)23/h11-13H,3-10H2,1-2H3.